The third-order valence-electron chi connectivity index (χ3n) is 4.97. The molecule has 1 fully saturated rings. The molecular formula is C18H22FN3O3S. The van der Waals surface area contributed by atoms with Gasteiger partial charge in [-0.2, -0.15) is 8.42 Å². The first kappa shape index (κ1) is 18.6. The molecule has 1 amide bonds. The van der Waals surface area contributed by atoms with Gasteiger partial charge < -0.3 is 4.90 Å². The summed E-state index contributed by atoms with van der Waals surface area (Å²) in [5, 5.41) is 0. The zero-order valence-corrected chi connectivity index (χ0v) is 15.7. The summed E-state index contributed by atoms with van der Waals surface area (Å²) in [7, 11) is -0.986. The first-order valence-electron chi connectivity index (χ1n) is 8.63. The van der Waals surface area contributed by atoms with E-state index in [1.54, 1.807) is 11.9 Å². The van der Waals surface area contributed by atoms with Crippen LogP contribution in [0.1, 0.15) is 37.7 Å². The van der Waals surface area contributed by atoms with Crippen molar-refractivity contribution in [3.05, 3.63) is 47.4 Å². The van der Waals surface area contributed by atoms with Gasteiger partial charge in [-0.25, -0.2) is 8.70 Å². The first-order valence-corrected chi connectivity index (χ1v) is 10.0. The van der Waals surface area contributed by atoms with Crippen molar-refractivity contribution in [3.8, 4) is 0 Å². The Morgan fingerprint density at radius 2 is 1.81 bits per heavy atom. The van der Waals surface area contributed by atoms with E-state index in [1.807, 2.05) is 0 Å². The number of rotatable bonds is 3. The zero-order chi connectivity index (χ0) is 18.9. The SMILES string of the molecule is CN(C(=O)C1=CC(c2ccc(F)cc2)=NS(=O)(=O)N1C)C1CCCCC1. The third-order valence-corrected chi connectivity index (χ3v) is 6.29. The minimum absolute atomic E-state index is 0.0485. The predicted molar refractivity (Wildman–Crippen MR) is 97.3 cm³/mol. The first-order chi connectivity index (χ1) is 12.3. The van der Waals surface area contributed by atoms with Crippen LogP contribution in [0.4, 0.5) is 4.39 Å². The van der Waals surface area contributed by atoms with Gasteiger partial charge in [-0.15, -0.1) is 4.40 Å². The number of carbonyl (C=O) groups excluding carboxylic acids is 1. The van der Waals surface area contributed by atoms with Crippen LogP contribution in [0.3, 0.4) is 0 Å². The molecule has 0 saturated heterocycles. The molecule has 1 aromatic rings. The minimum Gasteiger partial charge on any atom is -0.337 e. The average molecular weight is 379 g/mol. The molecule has 1 saturated carbocycles. The van der Waals surface area contributed by atoms with Gasteiger partial charge in [-0.1, -0.05) is 19.3 Å². The lowest BCUT2D eigenvalue weighted by molar-refractivity contribution is -0.129. The van der Waals surface area contributed by atoms with Crippen molar-refractivity contribution in [2.45, 2.75) is 38.1 Å². The van der Waals surface area contributed by atoms with Crippen LogP contribution in [-0.2, 0) is 15.0 Å². The van der Waals surface area contributed by atoms with E-state index < -0.39 is 16.0 Å². The summed E-state index contributed by atoms with van der Waals surface area (Å²) in [6.07, 6.45) is 6.60. The fourth-order valence-corrected chi connectivity index (χ4v) is 4.23. The fourth-order valence-electron chi connectivity index (χ4n) is 3.32. The number of nitrogens with zero attached hydrogens (tertiary/aromatic N) is 3. The molecule has 26 heavy (non-hydrogen) atoms. The van der Waals surface area contributed by atoms with E-state index in [1.165, 1.54) is 37.4 Å². The van der Waals surface area contributed by atoms with Gasteiger partial charge in [0.05, 0.1) is 5.71 Å². The molecule has 1 aromatic carbocycles. The highest BCUT2D eigenvalue weighted by molar-refractivity contribution is 7.88. The average Bonchev–Trinajstić information content (AvgIpc) is 2.64. The van der Waals surface area contributed by atoms with Crippen molar-refractivity contribution >= 4 is 21.8 Å². The number of halogens is 1. The molecule has 140 valence electrons. The number of likely N-dealkylation sites (N-methyl/N-ethyl adjacent to an activating group) is 2. The maximum Gasteiger partial charge on any atom is 0.345 e. The Kier molecular flexibility index (Phi) is 5.13. The molecule has 0 bridgehead atoms. The van der Waals surface area contributed by atoms with Crippen LogP contribution in [0.5, 0.6) is 0 Å². The van der Waals surface area contributed by atoms with Crippen LogP contribution in [0.25, 0.3) is 0 Å². The van der Waals surface area contributed by atoms with Crippen LogP contribution >= 0.6 is 0 Å². The quantitative estimate of drug-likeness (QED) is 0.810. The lowest BCUT2D eigenvalue weighted by Gasteiger charge is -2.34. The van der Waals surface area contributed by atoms with Crippen LogP contribution in [0.2, 0.25) is 0 Å². The minimum atomic E-state index is -4.02. The van der Waals surface area contributed by atoms with Crippen LogP contribution in [-0.4, -0.2) is 49.4 Å². The van der Waals surface area contributed by atoms with Gasteiger partial charge in [0.15, 0.2) is 0 Å². The highest BCUT2D eigenvalue weighted by Crippen LogP contribution is 2.26. The van der Waals surface area contributed by atoms with Gasteiger partial charge >= 0.3 is 10.2 Å². The molecule has 0 aromatic heterocycles. The maximum atomic E-state index is 13.1. The number of hydrogen-bond acceptors (Lipinski definition) is 3. The molecule has 0 unspecified atom stereocenters. The standard InChI is InChI=1S/C18H22FN3O3S/c1-21(15-6-4-3-5-7-15)18(23)17-12-16(20-26(24,25)22(17)2)13-8-10-14(19)11-9-13/h8-12,15H,3-7H2,1-2H3. The van der Waals surface area contributed by atoms with Gasteiger partial charge in [-0.05, 0) is 43.2 Å². The fraction of sp³-hybridized carbons (Fsp3) is 0.444. The number of carbonyl (C=O) groups is 1. The largest absolute Gasteiger partial charge is 0.345 e. The van der Waals surface area contributed by atoms with E-state index in [0.717, 1.165) is 36.4 Å². The molecule has 0 radical (unpaired) electrons. The number of benzene rings is 1. The zero-order valence-electron chi connectivity index (χ0n) is 14.9. The molecule has 1 aliphatic carbocycles. The van der Waals surface area contributed by atoms with E-state index in [4.69, 9.17) is 0 Å². The van der Waals surface area contributed by atoms with E-state index in [-0.39, 0.29) is 23.4 Å². The van der Waals surface area contributed by atoms with Gasteiger partial charge in [0.25, 0.3) is 5.91 Å². The summed E-state index contributed by atoms with van der Waals surface area (Å²) in [5.41, 5.74) is 0.615. The highest BCUT2D eigenvalue weighted by atomic mass is 32.2. The van der Waals surface area contributed by atoms with Crippen LogP contribution < -0.4 is 0 Å². The van der Waals surface area contributed by atoms with Crippen LogP contribution in [0, 0.1) is 5.82 Å². The van der Waals surface area contributed by atoms with E-state index in [0.29, 0.717) is 5.56 Å². The molecule has 3 rings (SSSR count). The second-order valence-electron chi connectivity index (χ2n) is 6.67. The Labute approximate surface area is 153 Å². The second-order valence-corrected chi connectivity index (χ2v) is 8.29. The molecule has 0 N–H and O–H groups in total. The lowest BCUT2D eigenvalue weighted by atomic mass is 9.94. The summed E-state index contributed by atoms with van der Waals surface area (Å²) in [5.74, 6) is -0.778. The van der Waals surface area contributed by atoms with Gasteiger partial charge in [-0.3, -0.25) is 4.79 Å². The van der Waals surface area contributed by atoms with Gasteiger partial charge in [0.1, 0.15) is 11.5 Å². The normalized spacial score (nSPS) is 20.3. The lowest BCUT2D eigenvalue weighted by Crippen LogP contribution is -2.44. The van der Waals surface area contributed by atoms with Crippen LogP contribution in [0.15, 0.2) is 40.4 Å². The smallest absolute Gasteiger partial charge is 0.337 e. The Morgan fingerprint density at radius 3 is 2.42 bits per heavy atom. The Morgan fingerprint density at radius 1 is 1.19 bits per heavy atom. The highest BCUT2D eigenvalue weighted by Gasteiger charge is 2.33. The number of hydrogen-bond donors (Lipinski definition) is 0. The number of allylic oxidation sites excluding steroid dienone is 1. The summed E-state index contributed by atoms with van der Waals surface area (Å²) in [6.45, 7) is 0. The molecule has 0 spiro atoms. The van der Waals surface area contributed by atoms with Gasteiger partial charge in [0, 0.05) is 25.7 Å². The molecule has 6 nitrogen and oxygen atoms in total. The summed E-state index contributed by atoms with van der Waals surface area (Å²) in [4.78, 5) is 14.6. The predicted octanol–water partition coefficient (Wildman–Crippen LogP) is 2.48. The number of amides is 1. The molecular weight excluding hydrogens is 357 g/mol. The van der Waals surface area contributed by atoms with Crippen molar-refractivity contribution in [2.24, 2.45) is 4.40 Å². The molecule has 2 aliphatic rings. The Bertz CT molecular complexity index is 856. The summed E-state index contributed by atoms with van der Waals surface area (Å²) < 4.78 is 42.6. The van der Waals surface area contributed by atoms with Gasteiger partial charge in [0.2, 0.25) is 0 Å². The van der Waals surface area contributed by atoms with Crippen molar-refractivity contribution in [2.75, 3.05) is 14.1 Å². The van der Waals surface area contributed by atoms with Crippen molar-refractivity contribution in [3.63, 3.8) is 0 Å². The maximum absolute atomic E-state index is 13.1. The molecule has 8 heteroatoms. The summed E-state index contributed by atoms with van der Waals surface area (Å²) in [6, 6.07) is 5.46. The van der Waals surface area contributed by atoms with Crippen molar-refractivity contribution < 1.29 is 17.6 Å². The molecule has 0 atom stereocenters. The van der Waals surface area contributed by atoms with E-state index >= 15 is 0 Å². The van der Waals surface area contributed by atoms with Crippen molar-refractivity contribution in [1.29, 1.82) is 0 Å². The Hall–Kier alpha value is -2.22. The summed E-state index contributed by atoms with van der Waals surface area (Å²) >= 11 is 0. The second kappa shape index (κ2) is 7.19. The molecule has 1 aliphatic heterocycles. The topological polar surface area (TPSA) is 70.0 Å². The monoisotopic (exact) mass is 379 g/mol. The Balaban J connectivity index is 1.94. The van der Waals surface area contributed by atoms with Crippen molar-refractivity contribution in [1.82, 2.24) is 9.21 Å². The molecule has 1 heterocycles. The van der Waals surface area contributed by atoms with E-state index in [9.17, 15) is 17.6 Å². The third kappa shape index (κ3) is 3.65. The van der Waals surface area contributed by atoms with E-state index in [2.05, 4.69) is 4.40 Å².